The molecule has 2 aromatic heterocycles. The summed E-state index contributed by atoms with van der Waals surface area (Å²) in [7, 11) is 1.64. The monoisotopic (exact) mass is 401 g/mol. The summed E-state index contributed by atoms with van der Waals surface area (Å²) in [5.74, 6) is 4.53. The number of primary amides is 1. The molecule has 0 bridgehead atoms. The first-order chi connectivity index (χ1) is 14.4. The Morgan fingerprint density at radius 2 is 2.13 bits per heavy atom. The Morgan fingerprint density at radius 1 is 1.30 bits per heavy atom. The fraction of sp³-hybridized carbons (Fsp3) is 0.182. The second kappa shape index (κ2) is 7.46. The molecule has 2 amide bonds. The lowest BCUT2D eigenvalue weighted by molar-refractivity contribution is -0.137. The maximum atomic E-state index is 12.1. The number of nitrogens with two attached hydrogens (primary N) is 1. The minimum atomic E-state index is -1.66. The first-order valence-electron chi connectivity index (χ1n) is 9.29. The highest BCUT2D eigenvalue weighted by Crippen LogP contribution is 2.24. The molecule has 1 saturated heterocycles. The standard InChI is InChI=1S/C22H19N5O3/c1-26-11-9-22(30,21(26)29)8-7-15-4-2-6-17(12-15)27-14-18(19(25-27)20(23)28)16-5-3-10-24-13-16/h2-6,10,12-14,30H,9,11H2,1H3,(H2,23,28). The summed E-state index contributed by atoms with van der Waals surface area (Å²) in [6, 6.07) is 10.7. The molecule has 1 aliphatic rings. The van der Waals surface area contributed by atoms with Crippen molar-refractivity contribution in [2.24, 2.45) is 5.73 Å². The second-order valence-corrected chi connectivity index (χ2v) is 7.08. The SMILES string of the molecule is CN1CCC(O)(C#Cc2cccc(-n3cc(-c4cccnc4)c(C(N)=O)n3)c2)C1=O. The molecule has 3 heterocycles. The number of aliphatic hydroxyl groups is 1. The largest absolute Gasteiger partial charge is 0.369 e. The summed E-state index contributed by atoms with van der Waals surface area (Å²) < 4.78 is 1.54. The van der Waals surface area contributed by atoms with Crippen molar-refractivity contribution in [1.29, 1.82) is 0 Å². The lowest BCUT2D eigenvalue weighted by Gasteiger charge is -2.13. The number of hydrogen-bond donors (Lipinski definition) is 2. The summed E-state index contributed by atoms with van der Waals surface area (Å²) in [5.41, 5.74) is 6.52. The number of likely N-dealkylation sites (N-methyl/N-ethyl adjacent to an activating group) is 1. The van der Waals surface area contributed by atoms with Crippen LogP contribution >= 0.6 is 0 Å². The number of amides is 2. The summed E-state index contributed by atoms with van der Waals surface area (Å²) in [5, 5.41) is 14.8. The van der Waals surface area contributed by atoms with E-state index in [1.54, 1.807) is 56.0 Å². The van der Waals surface area contributed by atoms with E-state index < -0.39 is 17.4 Å². The van der Waals surface area contributed by atoms with Gasteiger partial charge >= 0.3 is 0 Å². The van der Waals surface area contributed by atoms with Crippen LogP contribution in [0.3, 0.4) is 0 Å². The highest BCUT2D eigenvalue weighted by atomic mass is 16.3. The van der Waals surface area contributed by atoms with E-state index in [1.807, 2.05) is 6.07 Å². The zero-order valence-corrected chi connectivity index (χ0v) is 16.2. The Morgan fingerprint density at radius 3 is 2.80 bits per heavy atom. The summed E-state index contributed by atoms with van der Waals surface area (Å²) in [6.07, 6.45) is 5.24. The number of hydrogen-bond acceptors (Lipinski definition) is 5. The van der Waals surface area contributed by atoms with Gasteiger partial charge in [0.2, 0.25) is 5.60 Å². The fourth-order valence-electron chi connectivity index (χ4n) is 3.29. The van der Waals surface area contributed by atoms with Gasteiger partial charge in [-0.05, 0) is 24.3 Å². The maximum absolute atomic E-state index is 12.1. The van der Waals surface area contributed by atoms with Crippen LogP contribution in [0.25, 0.3) is 16.8 Å². The van der Waals surface area contributed by atoms with Gasteiger partial charge in [-0.2, -0.15) is 5.10 Å². The number of benzene rings is 1. The lowest BCUT2D eigenvalue weighted by atomic mass is 10.0. The van der Waals surface area contributed by atoms with Gasteiger partial charge in [-0.1, -0.05) is 24.0 Å². The van der Waals surface area contributed by atoms with E-state index in [0.717, 1.165) is 5.56 Å². The molecule has 4 rings (SSSR count). The van der Waals surface area contributed by atoms with Crippen LogP contribution in [0.15, 0.2) is 55.0 Å². The van der Waals surface area contributed by atoms with Crippen LogP contribution in [0.1, 0.15) is 22.5 Å². The van der Waals surface area contributed by atoms with Gasteiger partial charge in [0.1, 0.15) is 0 Å². The van der Waals surface area contributed by atoms with Crippen molar-refractivity contribution in [2.75, 3.05) is 13.6 Å². The smallest absolute Gasteiger partial charge is 0.269 e. The molecule has 30 heavy (non-hydrogen) atoms. The van der Waals surface area contributed by atoms with Crippen LogP contribution in [0.2, 0.25) is 0 Å². The van der Waals surface area contributed by atoms with E-state index in [4.69, 9.17) is 5.73 Å². The molecule has 150 valence electrons. The number of likely N-dealkylation sites (tertiary alicyclic amines) is 1. The van der Waals surface area contributed by atoms with Crippen molar-refractivity contribution in [3.63, 3.8) is 0 Å². The number of nitrogens with zero attached hydrogens (tertiary/aromatic N) is 4. The van der Waals surface area contributed by atoms with Crippen molar-refractivity contribution >= 4 is 11.8 Å². The van der Waals surface area contributed by atoms with Gasteiger partial charge in [-0.15, -0.1) is 0 Å². The zero-order chi connectivity index (χ0) is 21.3. The van der Waals surface area contributed by atoms with Gasteiger partial charge in [0.25, 0.3) is 11.8 Å². The quantitative estimate of drug-likeness (QED) is 0.635. The third-order valence-electron chi connectivity index (χ3n) is 4.95. The minimum absolute atomic E-state index is 0.133. The van der Waals surface area contributed by atoms with E-state index in [2.05, 4.69) is 21.9 Å². The molecular formula is C22H19N5O3. The molecule has 8 heteroatoms. The predicted octanol–water partition coefficient (Wildman–Crippen LogP) is 0.978. The van der Waals surface area contributed by atoms with Crippen molar-refractivity contribution < 1.29 is 14.7 Å². The van der Waals surface area contributed by atoms with Crippen LogP contribution in [-0.4, -0.2) is 55.8 Å². The third-order valence-corrected chi connectivity index (χ3v) is 4.95. The van der Waals surface area contributed by atoms with E-state index in [0.29, 0.717) is 23.4 Å². The number of rotatable bonds is 3. The summed E-state index contributed by atoms with van der Waals surface area (Å²) >= 11 is 0. The van der Waals surface area contributed by atoms with E-state index in [9.17, 15) is 14.7 Å². The molecule has 0 aliphatic carbocycles. The lowest BCUT2D eigenvalue weighted by Crippen LogP contribution is -2.37. The molecule has 1 fully saturated rings. The van der Waals surface area contributed by atoms with Crippen LogP contribution in [0, 0.1) is 11.8 Å². The Kier molecular flexibility index (Phi) is 4.82. The Labute approximate surface area is 173 Å². The Balaban J connectivity index is 1.70. The Hall–Kier alpha value is -3.96. The molecular weight excluding hydrogens is 382 g/mol. The molecule has 0 radical (unpaired) electrons. The summed E-state index contributed by atoms with van der Waals surface area (Å²) in [6.45, 7) is 0.463. The van der Waals surface area contributed by atoms with Crippen molar-refractivity contribution in [1.82, 2.24) is 19.7 Å². The fourth-order valence-corrected chi connectivity index (χ4v) is 3.29. The normalized spacial score (nSPS) is 18.2. The highest BCUT2D eigenvalue weighted by Gasteiger charge is 2.42. The molecule has 3 aromatic rings. The molecule has 3 N–H and O–H groups in total. The van der Waals surface area contributed by atoms with E-state index in [1.165, 1.54) is 9.58 Å². The first-order valence-corrected chi connectivity index (χ1v) is 9.29. The topological polar surface area (TPSA) is 114 Å². The molecule has 1 unspecified atom stereocenters. The van der Waals surface area contributed by atoms with E-state index in [-0.39, 0.29) is 12.1 Å². The predicted molar refractivity (Wildman–Crippen MR) is 109 cm³/mol. The van der Waals surface area contributed by atoms with Crippen molar-refractivity contribution in [3.8, 4) is 28.7 Å². The van der Waals surface area contributed by atoms with Crippen molar-refractivity contribution in [3.05, 3.63) is 66.2 Å². The molecule has 0 saturated carbocycles. The van der Waals surface area contributed by atoms with Crippen LogP contribution in [-0.2, 0) is 4.79 Å². The van der Waals surface area contributed by atoms with Crippen molar-refractivity contribution in [2.45, 2.75) is 12.0 Å². The molecule has 8 nitrogen and oxygen atoms in total. The van der Waals surface area contributed by atoms with Gasteiger partial charge in [0, 0.05) is 55.3 Å². The Bertz CT molecular complexity index is 1190. The maximum Gasteiger partial charge on any atom is 0.269 e. The molecule has 1 aromatic carbocycles. The van der Waals surface area contributed by atoms with Gasteiger partial charge in [-0.3, -0.25) is 14.6 Å². The first kappa shape index (κ1) is 19.4. The molecule has 0 spiro atoms. The number of carbonyl (C=O) groups excluding carboxylic acids is 2. The van der Waals surface area contributed by atoms with Crippen LogP contribution in [0.4, 0.5) is 0 Å². The van der Waals surface area contributed by atoms with Crippen LogP contribution < -0.4 is 5.73 Å². The molecule has 1 aliphatic heterocycles. The average Bonchev–Trinajstić information content (AvgIpc) is 3.32. The minimum Gasteiger partial charge on any atom is -0.369 e. The van der Waals surface area contributed by atoms with Gasteiger partial charge in [-0.25, -0.2) is 4.68 Å². The van der Waals surface area contributed by atoms with Crippen LogP contribution in [0.5, 0.6) is 0 Å². The average molecular weight is 401 g/mol. The number of carbonyl (C=O) groups is 2. The highest BCUT2D eigenvalue weighted by molar-refractivity contribution is 5.97. The number of aromatic nitrogens is 3. The van der Waals surface area contributed by atoms with Gasteiger partial charge in [0.05, 0.1) is 5.69 Å². The zero-order valence-electron chi connectivity index (χ0n) is 16.2. The number of pyridine rings is 1. The molecule has 1 atom stereocenters. The van der Waals surface area contributed by atoms with E-state index >= 15 is 0 Å². The third kappa shape index (κ3) is 3.54. The van der Waals surface area contributed by atoms with Gasteiger partial charge in [0.15, 0.2) is 5.69 Å². The van der Waals surface area contributed by atoms with Gasteiger partial charge < -0.3 is 15.7 Å². The second-order valence-electron chi connectivity index (χ2n) is 7.08. The summed E-state index contributed by atoms with van der Waals surface area (Å²) in [4.78, 5) is 29.5.